The van der Waals surface area contributed by atoms with Crippen LogP contribution in [0.25, 0.3) is 0 Å². The van der Waals surface area contributed by atoms with E-state index < -0.39 is 30.5 Å². The fraction of sp³-hybridized carbons (Fsp3) is 0.714. The van der Waals surface area contributed by atoms with Gasteiger partial charge in [0.25, 0.3) is 0 Å². The van der Waals surface area contributed by atoms with Crippen molar-refractivity contribution >= 4 is 11.6 Å². The average Bonchev–Trinajstić information content (AvgIpc) is 3.00. The number of hydrogen-bond donors (Lipinski definition) is 1. The molecule has 1 saturated heterocycles. The fourth-order valence-corrected chi connectivity index (χ4v) is 2.98. The van der Waals surface area contributed by atoms with Crippen LogP contribution in [-0.4, -0.2) is 54.8 Å². The quantitative estimate of drug-likeness (QED) is 0.914. The molecule has 1 aromatic heterocycles. The topological polar surface area (TPSA) is 67.5 Å². The van der Waals surface area contributed by atoms with E-state index in [-0.39, 0.29) is 19.8 Å². The van der Waals surface area contributed by atoms with Gasteiger partial charge in [0.05, 0.1) is 43.5 Å². The third kappa shape index (κ3) is 3.50. The minimum atomic E-state index is -4.63. The van der Waals surface area contributed by atoms with Gasteiger partial charge in [-0.1, -0.05) is 0 Å². The lowest BCUT2D eigenvalue weighted by atomic mass is 9.97. The van der Waals surface area contributed by atoms with Crippen LogP contribution >= 0.6 is 0 Å². The predicted octanol–water partition coefficient (Wildman–Crippen LogP) is 1.67. The number of aromatic nitrogens is 2. The Kier molecular flexibility index (Phi) is 4.58. The number of carbonyl (C=O) groups excluding carboxylic acids is 1. The monoisotopic (exact) mass is 333 g/mol. The molecule has 0 bridgehead atoms. The van der Waals surface area contributed by atoms with Crippen molar-refractivity contribution in [3.63, 3.8) is 0 Å². The summed E-state index contributed by atoms with van der Waals surface area (Å²) in [4.78, 5) is 13.7. The van der Waals surface area contributed by atoms with E-state index in [0.29, 0.717) is 30.8 Å². The van der Waals surface area contributed by atoms with E-state index in [4.69, 9.17) is 9.47 Å². The van der Waals surface area contributed by atoms with Crippen molar-refractivity contribution in [1.29, 1.82) is 0 Å². The van der Waals surface area contributed by atoms with E-state index in [1.54, 1.807) is 0 Å². The lowest BCUT2D eigenvalue weighted by Crippen LogP contribution is -2.47. The van der Waals surface area contributed by atoms with Crippen LogP contribution in [0.5, 0.6) is 0 Å². The van der Waals surface area contributed by atoms with E-state index in [1.807, 2.05) is 0 Å². The molecule has 3 rings (SSSR count). The van der Waals surface area contributed by atoms with Crippen LogP contribution in [0.4, 0.5) is 18.9 Å². The van der Waals surface area contributed by atoms with E-state index >= 15 is 0 Å². The summed E-state index contributed by atoms with van der Waals surface area (Å²) in [5.41, 5.74) is 1.14. The molecule has 3 heterocycles. The second-order valence-electron chi connectivity index (χ2n) is 5.72. The average molecular weight is 333 g/mol. The molecule has 2 aliphatic heterocycles. The highest BCUT2D eigenvalue weighted by Gasteiger charge is 2.48. The first kappa shape index (κ1) is 16.3. The van der Waals surface area contributed by atoms with E-state index in [2.05, 4.69) is 10.2 Å². The van der Waals surface area contributed by atoms with Crippen LogP contribution in [0.15, 0.2) is 6.20 Å². The maximum absolute atomic E-state index is 13.4. The van der Waals surface area contributed by atoms with Crippen molar-refractivity contribution in [2.45, 2.75) is 31.5 Å². The zero-order valence-electron chi connectivity index (χ0n) is 12.4. The van der Waals surface area contributed by atoms with Crippen molar-refractivity contribution in [2.24, 2.45) is 5.92 Å². The summed E-state index contributed by atoms with van der Waals surface area (Å²) >= 11 is 0. The minimum absolute atomic E-state index is 0.0802. The van der Waals surface area contributed by atoms with Gasteiger partial charge in [-0.25, -0.2) is 0 Å². The Bertz CT molecular complexity index is 555. The number of amides is 1. The highest BCUT2D eigenvalue weighted by Crippen LogP contribution is 2.35. The third-order valence-electron chi connectivity index (χ3n) is 4.14. The Morgan fingerprint density at radius 1 is 1.48 bits per heavy atom. The molecule has 9 heteroatoms. The molecule has 2 aliphatic rings. The maximum Gasteiger partial charge on any atom is 0.400 e. The molecule has 23 heavy (non-hydrogen) atoms. The van der Waals surface area contributed by atoms with Crippen molar-refractivity contribution in [3.05, 3.63) is 11.9 Å². The zero-order chi connectivity index (χ0) is 16.4. The summed E-state index contributed by atoms with van der Waals surface area (Å²) in [6.07, 6.45) is -3.08. The molecule has 1 fully saturated rings. The fourth-order valence-electron chi connectivity index (χ4n) is 2.98. The van der Waals surface area contributed by atoms with Crippen molar-refractivity contribution in [1.82, 2.24) is 10.2 Å². The standard InChI is InChI=1S/C14H18F3N3O3/c15-14(16,17)10(6-9-8-22-4-5-23-9)13(21)20-3-1-2-11-12(20)7-18-19-11/h7,9-10H,1-6,8H2,(H,18,19). The maximum atomic E-state index is 13.4. The Morgan fingerprint density at radius 3 is 3.00 bits per heavy atom. The summed E-state index contributed by atoms with van der Waals surface area (Å²) in [5, 5.41) is 6.56. The number of carbonyl (C=O) groups is 1. The third-order valence-corrected chi connectivity index (χ3v) is 4.14. The number of aromatic amines is 1. The second-order valence-corrected chi connectivity index (χ2v) is 5.72. The van der Waals surface area contributed by atoms with Crippen LogP contribution in [0.3, 0.4) is 0 Å². The van der Waals surface area contributed by atoms with Crippen molar-refractivity contribution < 1.29 is 27.4 Å². The van der Waals surface area contributed by atoms with Crippen LogP contribution in [-0.2, 0) is 20.7 Å². The van der Waals surface area contributed by atoms with Gasteiger partial charge in [-0.05, 0) is 19.3 Å². The van der Waals surface area contributed by atoms with Gasteiger partial charge in [0, 0.05) is 6.54 Å². The molecule has 0 radical (unpaired) electrons. The second kappa shape index (κ2) is 6.48. The molecule has 128 valence electrons. The molecule has 2 unspecified atom stereocenters. The lowest BCUT2D eigenvalue weighted by Gasteiger charge is -2.33. The molecule has 6 nitrogen and oxygen atoms in total. The minimum Gasteiger partial charge on any atom is -0.376 e. The van der Waals surface area contributed by atoms with Gasteiger partial charge in [0.1, 0.15) is 5.92 Å². The molecule has 2 atom stereocenters. The van der Waals surface area contributed by atoms with Gasteiger partial charge in [-0.15, -0.1) is 0 Å². The van der Waals surface area contributed by atoms with Gasteiger partial charge in [0.2, 0.25) is 5.91 Å². The van der Waals surface area contributed by atoms with Crippen LogP contribution in [0.1, 0.15) is 18.5 Å². The summed E-state index contributed by atoms with van der Waals surface area (Å²) in [6, 6.07) is 0. The van der Waals surface area contributed by atoms with Crippen LogP contribution in [0, 0.1) is 5.92 Å². The highest BCUT2D eigenvalue weighted by molar-refractivity contribution is 5.96. The van der Waals surface area contributed by atoms with Gasteiger partial charge >= 0.3 is 6.18 Å². The molecule has 1 N–H and O–H groups in total. The lowest BCUT2D eigenvalue weighted by molar-refractivity contribution is -0.193. The van der Waals surface area contributed by atoms with Gasteiger partial charge in [-0.2, -0.15) is 18.3 Å². The van der Waals surface area contributed by atoms with Crippen LogP contribution in [0.2, 0.25) is 0 Å². The molecular formula is C14H18F3N3O3. The number of H-pyrrole nitrogens is 1. The molecular weight excluding hydrogens is 315 g/mol. The van der Waals surface area contributed by atoms with E-state index in [0.717, 1.165) is 0 Å². The number of halogens is 3. The van der Waals surface area contributed by atoms with E-state index in [9.17, 15) is 18.0 Å². The normalized spacial score (nSPS) is 23.4. The number of nitrogens with zero attached hydrogens (tertiary/aromatic N) is 2. The SMILES string of the molecule is O=C(C(CC1COCCO1)C(F)(F)F)N1CCCc2[nH]ncc21. The Morgan fingerprint density at radius 2 is 2.30 bits per heavy atom. The number of hydrogen-bond acceptors (Lipinski definition) is 4. The summed E-state index contributed by atoms with van der Waals surface area (Å²) in [7, 11) is 0. The van der Waals surface area contributed by atoms with Crippen LogP contribution < -0.4 is 4.90 Å². The Hall–Kier alpha value is -1.61. The van der Waals surface area contributed by atoms with Gasteiger partial charge in [-0.3, -0.25) is 9.89 Å². The number of alkyl halides is 3. The highest BCUT2D eigenvalue weighted by atomic mass is 19.4. The van der Waals surface area contributed by atoms with Crippen molar-refractivity contribution in [3.8, 4) is 0 Å². The number of rotatable bonds is 3. The molecule has 0 aromatic carbocycles. The summed E-state index contributed by atoms with van der Waals surface area (Å²) in [5.74, 6) is -3.05. The first-order valence-corrected chi connectivity index (χ1v) is 7.56. The first-order valence-electron chi connectivity index (χ1n) is 7.56. The summed E-state index contributed by atoms with van der Waals surface area (Å²) in [6.45, 7) is 0.960. The number of fused-ring (bicyclic) bond motifs is 1. The molecule has 1 aromatic rings. The van der Waals surface area contributed by atoms with Gasteiger partial charge in [0.15, 0.2) is 0 Å². The predicted molar refractivity (Wildman–Crippen MR) is 74.0 cm³/mol. The number of nitrogens with one attached hydrogen (secondary N) is 1. The molecule has 0 aliphatic carbocycles. The number of ether oxygens (including phenoxy) is 2. The Labute approximate surface area is 130 Å². The smallest absolute Gasteiger partial charge is 0.376 e. The molecule has 0 spiro atoms. The molecule has 0 saturated carbocycles. The zero-order valence-corrected chi connectivity index (χ0v) is 12.4. The summed E-state index contributed by atoms with van der Waals surface area (Å²) < 4.78 is 50.7. The number of anilines is 1. The number of aryl methyl sites for hydroxylation is 1. The van der Waals surface area contributed by atoms with E-state index in [1.165, 1.54) is 11.1 Å². The van der Waals surface area contributed by atoms with Gasteiger partial charge < -0.3 is 14.4 Å². The first-order chi connectivity index (χ1) is 11.0. The Balaban J connectivity index is 1.78. The molecule has 1 amide bonds. The van der Waals surface area contributed by atoms with Crippen molar-refractivity contribution in [2.75, 3.05) is 31.3 Å². The largest absolute Gasteiger partial charge is 0.400 e.